The summed E-state index contributed by atoms with van der Waals surface area (Å²) in [6.45, 7) is 7.69. The first-order valence-corrected chi connectivity index (χ1v) is 6.40. The van der Waals surface area contributed by atoms with Crippen LogP contribution in [0.5, 0.6) is 5.75 Å². The molecule has 0 amide bonds. The first-order chi connectivity index (χ1) is 8.02. The lowest BCUT2D eigenvalue weighted by Crippen LogP contribution is -2.18. The molecule has 0 bridgehead atoms. The minimum absolute atomic E-state index is 0.163. The fourth-order valence-electron chi connectivity index (χ4n) is 2.39. The molecule has 2 rings (SSSR count). The van der Waals surface area contributed by atoms with Gasteiger partial charge in [-0.1, -0.05) is 32.9 Å². The van der Waals surface area contributed by atoms with Crippen molar-refractivity contribution in [2.75, 3.05) is 13.2 Å². The molecule has 2 nitrogen and oxygen atoms in total. The van der Waals surface area contributed by atoms with Gasteiger partial charge in [-0.05, 0) is 41.4 Å². The SMILES string of the molecule is CC(C)(C)c1ccc2c(c1)C(CCO)CCO2. The van der Waals surface area contributed by atoms with Gasteiger partial charge in [0.15, 0.2) is 0 Å². The highest BCUT2D eigenvalue weighted by Gasteiger charge is 2.23. The number of hydrogen-bond acceptors (Lipinski definition) is 2. The molecule has 0 fully saturated rings. The van der Waals surface area contributed by atoms with Crippen LogP contribution in [-0.4, -0.2) is 18.3 Å². The van der Waals surface area contributed by atoms with Gasteiger partial charge in [-0.15, -0.1) is 0 Å². The second-order valence-corrected chi connectivity index (χ2v) is 5.85. The van der Waals surface area contributed by atoms with E-state index in [1.807, 2.05) is 0 Å². The fraction of sp³-hybridized carbons (Fsp3) is 0.600. The number of hydrogen-bond donors (Lipinski definition) is 1. The Bertz CT molecular complexity index is 390. The Morgan fingerprint density at radius 1 is 1.35 bits per heavy atom. The molecule has 1 heterocycles. The quantitative estimate of drug-likeness (QED) is 0.851. The number of fused-ring (bicyclic) bond motifs is 1. The predicted octanol–water partition coefficient (Wildman–Crippen LogP) is 3.23. The van der Waals surface area contributed by atoms with Gasteiger partial charge in [-0.25, -0.2) is 0 Å². The van der Waals surface area contributed by atoms with Gasteiger partial charge in [-0.3, -0.25) is 0 Å². The lowest BCUT2D eigenvalue weighted by molar-refractivity contribution is 0.229. The van der Waals surface area contributed by atoms with Gasteiger partial charge < -0.3 is 9.84 Å². The Labute approximate surface area is 104 Å². The highest BCUT2D eigenvalue weighted by molar-refractivity contribution is 5.43. The lowest BCUT2D eigenvalue weighted by Gasteiger charge is -2.28. The summed E-state index contributed by atoms with van der Waals surface area (Å²) in [5, 5.41) is 9.13. The van der Waals surface area contributed by atoms with E-state index >= 15 is 0 Å². The second kappa shape index (κ2) is 4.69. The molecule has 17 heavy (non-hydrogen) atoms. The molecule has 2 heteroatoms. The molecule has 94 valence electrons. The number of rotatable bonds is 2. The summed E-state index contributed by atoms with van der Waals surface area (Å²) >= 11 is 0. The maximum absolute atomic E-state index is 9.13. The van der Waals surface area contributed by atoms with Gasteiger partial charge in [0.25, 0.3) is 0 Å². The third-order valence-corrected chi connectivity index (χ3v) is 3.52. The number of aliphatic hydroxyl groups is 1. The van der Waals surface area contributed by atoms with Crippen LogP contribution >= 0.6 is 0 Å². The number of benzene rings is 1. The molecule has 0 radical (unpaired) electrons. The van der Waals surface area contributed by atoms with Gasteiger partial charge in [-0.2, -0.15) is 0 Å². The van der Waals surface area contributed by atoms with Crippen molar-refractivity contribution >= 4 is 0 Å². The van der Waals surface area contributed by atoms with Crippen molar-refractivity contribution in [3.05, 3.63) is 29.3 Å². The normalized spacial score (nSPS) is 19.6. The number of aliphatic hydroxyl groups excluding tert-OH is 1. The zero-order chi connectivity index (χ0) is 12.5. The fourth-order valence-corrected chi connectivity index (χ4v) is 2.39. The average Bonchev–Trinajstić information content (AvgIpc) is 2.28. The van der Waals surface area contributed by atoms with Crippen molar-refractivity contribution in [1.29, 1.82) is 0 Å². The highest BCUT2D eigenvalue weighted by atomic mass is 16.5. The summed E-state index contributed by atoms with van der Waals surface area (Å²) in [6.07, 6.45) is 1.85. The monoisotopic (exact) mass is 234 g/mol. The summed E-state index contributed by atoms with van der Waals surface area (Å²) in [5.41, 5.74) is 2.78. The Kier molecular flexibility index (Phi) is 3.43. The van der Waals surface area contributed by atoms with Crippen molar-refractivity contribution in [3.8, 4) is 5.75 Å². The summed E-state index contributed by atoms with van der Waals surface area (Å²) in [7, 11) is 0. The summed E-state index contributed by atoms with van der Waals surface area (Å²) in [6, 6.07) is 6.49. The smallest absolute Gasteiger partial charge is 0.122 e. The van der Waals surface area contributed by atoms with Crippen LogP contribution in [0.4, 0.5) is 0 Å². The molecular formula is C15H22O2. The van der Waals surface area contributed by atoms with E-state index in [1.54, 1.807) is 0 Å². The Morgan fingerprint density at radius 3 is 2.76 bits per heavy atom. The van der Waals surface area contributed by atoms with E-state index in [9.17, 15) is 0 Å². The van der Waals surface area contributed by atoms with E-state index in [-0.39, 0.29) is 12.0 Å². The van der Waals surface area contributed by atoms with Crippen LogP contribution in [0.2, 0.25) is 0 Å². The van der Waals surface area contributed by atoms with E-state index in [4.69, 9.17) is 9.84 Å². The molecule has 1 unspecified atom stereocenters. The molecule has 0 saturated heterocycles. The van der Waals surface area contributed by atoms with Gasteiger partial charge >= 0.3 is 0 Å². The van der Waals surface area contributed by atoms with Crippen molar-refractivity contribution in [1.82, 2.24) is 0 Å². The molecule has 1 atom stereocenters. The molecule has 1 aliphatic heterocycles. The van der Waals surface area contributed by atoms with Crippen LogP contribution in [-0.2, 0) is 5.41 Å². The topological polar surface area (TPSA) is 29.5 Å². The average molecular weight is 234 g/mol. The molecule has 1 aromatic rings. The second-order valence-electron chi connectivity index (χ2n) is 5.85. The lowest BCUT2D eigenvalue weighted by atomic mass is 9.82. The Balaban J connectivity index is 2.37. The van der Waals surface area contributed by atoms with E-state index in [2.05, 4.69) is 39.0 Å². The third kappa shape index (κ3) is 2.63. The van der Waals surface area contributed by atoms with E-state index in [0.717, 1.165) is 25.2 Å². The number of ether oxygens (including phenoxy) is 1. The van der Waals surface area contributed by atoms with Crippen LogP contribution in [0.25, 0.3) is 0 Å². The molecule has 0 aromatic heterocycles. The standard InChI is InChI=1S/C15H22O2/c1-15(2,3)12-4-5-14-13(10-12)11(6-8-16)7-9-17-14/h4-5,10-11,16H,6-9H2,1-3H3. The van der Waals surface area contributed by atoms with Crippen LogP contribution in [0.1, 0.15) is 50.7 Å². The Morgan fingerprint density at radius 2 is 2.12 bits per heavy atom. The van der Waals surface area contributed by atoms with E-state index in [1.165, 1.54) is 11.1 Å². The van der Waals surface area contributed by atoms with Crippen LogP contribution in [0, 0.1) is 0 Å². The van der Waals surface area contributed by atoms with Crippen molar-refractivity contribution in [2.24, 2.45) is 0 Å². The summed E-state index contributed by atoms with van der Waals surface area (Å²) < 4.78 is 5.69. The van der Waals surface area contributed by atoms with Gasteiger partial charge in [0, 0.05) is 6.61 Å². The molecule has 0 saturated carbocycles. The zero-order valence-corrected chi connectivity index (χ0v) is 11.0. The van der Waals surface area contributed by atoms with Crippen molar-refractivity contribution < 1.29 is 9.84 Å². The maximum atomic E-state index is 9.13. The highest BCUT2D eigenvalue weighted by Crippen LogP contribution is 2.38. The Hall–Kier alpha value is -1.02. The minimum Gasteiger partial charge on any atom is -0.493 e. The van der Waals surface area contributed by atoms with Gasteiger partial charge in [0.1, 0.15) is 5.75 Å². The van der Waals surface area contributed by atoms with Crippen LogP contribution in [0.15, 0.2) is 18.2 Å². The van der Waals surface area contributed by atoms with E-state index in [0.29, 0.717) is 5.92 Å². The molecule has 0 aliphatic carbocycles. The summed E-state index contributed by atoms with van der Waals surface area (Å²) in [4.78, 5) is 0. The minimum atomic E-state index is 0.163. The largest absolute Gasteiger partial charge is 0.493 e. The molecule has 1 aliphatic rings. The molecule has 1 N–H and O–H groups in total. The zero-order valence-electron chi connectivity index (χ0n) is 11.0. The van der Waals surface area contributed by atoms with Crippen molar-refractivity contribution in [3.63, 3.8) is 0 Å². The van der Waals surface area contributed by atoms with Gasteiger partial charge in [0.05, 0.1) is 6.61 Å². The molecule has 0 spiro atoms. The summed E-state index contributed by atoms with van der Waals surface area (Å²) in [5.74, 6) is 1.45. The molecule has 1 aromatic carbocycles. The van der Waals surface area contributed by atoms with Gasteiger partial charge in [0.2, 0.25) is 0 Å². The van der Waals surface area contributed by atoms with Crippen LogP contribution < -0.4 is 4.74 Å². The molecular weight excluding hydrogens is 212 g/mol. The van der Waals surface area contributed by atoms with E-state index < -0.39 is 0 Å². The first-order valence-electron chi connectivity index (χ1n) is 6.40. The van der Waals surface area contributed by atoms with Crippen molar-refractivity contribution in [2.45, 2.75) is 44.9 Å². The third-order valence-electron chi connectivity index (χ3n) is 3.52. The van der Waals surface area contributed by atoms with Crippen LogP contribution in [0.3, 0.4) is 0 Å². The predicted molar refractivity (Wildman–Crippen MR) is 69.7 cm³/mol. The maximum Gasteiger partial charge on any atom is 0.122 e. The first kappa shape index (κ1) is 12.4.